The minimum absolute atomic E-state index is 0.640. The molecule has 2 rings (SSSR count). The van der Waals surface area contributed by atoms with E-state index in [4.69, 9.17) is 10.5 Å². The van der Waals surface area contributed by atoms with Gasteiger partial charge in [-0.2, -0.15) is 0 Å². The maximum atomic E-state index is 5.61. The van der Waals surface area contributed by atoms with E-state index in [1.54, 1.807) is 7.11 Å². The molecule has 0 amide bonds. The number of hydrogen-bond acceptors (Lipinski definition) is 2. The summed E-state index contributed by atoms with van der Waals surface area (Å²) in [7, 11) is 1.72. The van der Waals surface area contributed by atoms with Gasteiger partial charge < -0.3 is 10.5 Å². The molecule has 1 aromatic rings. The van der Waals surface area contributed by atoms with E-state index in [0.717, 1.165) is 12.3 Å². The smallest absolute Gasteiger partial charge is 0.122 e. The normalized spacial score (nSPS) is 25.7. The zero-order valence-corrected chi connectivity index (χ0v) is 7.86. The van der Waals surface area contributed by atoms with Crippen molar-refractivity contribution in [2.75, 3.05) is 13.7 Å². The predicted molar refractivity (Wildman–Crippen MR) is 52.9 cm³/mol. The second-order valence-corrected chi connectivity index (χ2v) is 3.58. The van der Waals surface area contributed by atoms with Crippen LogP contribution in [0.5, 0.6) is 5.75 Å². The van der Waals surface area contributed by atoms with E-state index >= 15 is 0 Å². The van der Waals surface area contributed by atoms with Crippen molar-refractivity contribution >= 4 is 0 Å². The highest BCUT2D eigenvalue weighted by molar-refractivity contribution is 5.39. The third-order valence-corrected chi connectivity index (χ3v) is 2.76. The van der Waals surface area contributed by atoms with Crippen molar-refractivity contribution in [3.05, 3.63) is 29.8 Å². The minimum atomic E-state index is 0.640. The standard InChI is InChI=1S/C11H15NO/c1-13-11-5-3-2-4-9(11)10-6-8(10)7-12/h2-5,8,10H,6-7,12H2,1H3/t8-,10+/m1/s1. The summed E-state index contributed by atoms with van der Waals surface area (Å²) in [6.07, 6.45) is 1.22. The summed E-state index contributed by atoms with van der Waals surface area (Å²) >= 11 is 0. The molecule has 1 aromatic carbocycles. The molecule has 2 atom stereocenters. The quantitative estimate of drug-likeness (QED) is 0.763. The second-order valence-electron chi connectivity index (χ2n) is 3.58. The van der Waals surface area contributed by atoms with Gasteiger partial charge in [-0.25, -0.2) is 0 Å². The van der Waals surface area contributed by atoms with Crippen LogP contribution in [0.1, 0.15) is 17.9 Å². The van der Waals surface area contributed by atoms with Gasteiger partial charge in [0.2, 0.25) is 0 Å². The average Bonchev–Trinajstić information content (AvgIpc) is 2.96. The van der Waals surface area contributed by atoms with Crippen molar-refractivity contribution in [1.82, 2.24) is 0 Å². The third-order valence-electron chi connectivity index (χ3n) is 2.76. The second kappa shape index (κ2) is 3.38. The fraction of sp³-hybridized carbons (Fsp3) is 0.455. The zero-order chi connectivity index (χ0) is 9.26. The van der Waals surface area contributed by atoms with Crippen molar-refractivity contribution in [2.45, 2.75) is 12.3 Å². The summed E-state index contributed by atoms with van der Waals surface area (Å²) in [6.45, 7) is 0.794. The van der Waals surface area contributed by atoms with Crippen molar-refractivity contribution in [1.29, 1.82) is 0 Å². The molecule has 1 aliphatic carbocycles. The molecule has 2 heteroatoms. The molecule has 0 spiro atoms. The third kappa shape index (κ3) is 1.54. The van der Waals surface area contributed by atoms with E-state index in [2.05, 4.69) is 12.1 Å². The Morgan fingerprint density at radius 1 is 1.46 bits per heavy atom. The van der Waals surface area contributed by atoms with Crippen LogP contribution in [0.25, 0.3) is 0 Å². The summed E-state index contributed by atoms with van der Waals surface area (Å²) in [5.74, 6) is 2.32. The molecule has 0 saturated heterocycles. The molecule has 0 radical (unpaired) electrons. The Labute approximate surface area is 78.7 Å². The van der Waals surface area contributed by atoms with Crippen molar-refractivity contribution < 1.29 is 4.74 Å². The molecule has 2 N–H and O–H groups in total. The van der Waals surface area contributed by atoms with Crippen LogP contribution >= 0.6 is 0 Å². The molecular formula is C11H15NO. The molecule has 1 aliphatic rings. The van der Waals surface area contributed by atoms with Crippen LogP contribution < -0.4 is 10.5 Å². The Balaban J connectivity index is 2.20. The van der Waals surface area contributed by atoms with Gasteiger partial charge >= 0.3 is 0 Å². The lowest BCUT2D eigenvalue weighted by Gasteiger charge is -2.06. The van der Waals surface area contributed by atoms with Gasteiger partial charge in [-0.1, -0.05) is 18.2 Å². The lowest BCUT2D eigenvalue weighted by atomic mass is 10.1. The Morgan fingerprint density at radius 2 is 2.23 bits per heavy atom. The fourth-order valence-electron chi connectivity index (χ4n) is 1.86. The predicted octanol–water partition coefficient (Wildman–Crippen LogP) is 1.76. The monoisotopic (exact) mass is 177 g/mol. The molecule has 1 saturated carbocycles. The number of ether oxygens (including phenoxy) is 1. The number of nitrogens with two attached hydrogens (primary N) is 1. The summed E-state index contributed by atoms with van der Waals surface area (Å²) in [4.78, 5) is 0. The van der Waals surface area contributed by atoms with Gasteiger partial charge in [0.05, 0.1) is 7.11 Å². The number of para-hydroxylation sites is 1. The van der Waals surface area contributed by atoms with E-state index in [1.807, 2.05) is 12.1 Å². The summed E-state index contributed by atoms with van der Waals surface area (Å²) in [6, 6.07) is 8.21. The van der Waals surface area contributed by atoms with E-state index in [9.17, 15) is 0 Å². The highest BCUT2D eigenvalue weighted by atomic mass is 16.5. The molecule has 0 aromatic heterocycles. The van der Waals surface area contributed by atoms with Crippen molar-refractivity contribution in [2.24, 2.45) is 11.7 Å². The largest absolute Gasteiger partial charge is 0.496 e. The Bertz CT molecular complexity index is 298. The van der Waals surface area contributed by atoms with Crippen LogP contribution in [-0.2, 0) is 0 Å². The maximum absolute atomic E-state index is 5.61. The summed E-state index contributed by atoms with van der Waals surface area (Å²) in [5.41, 5.74) is 6.93. The zero-order valence-electron chi connectivity index (χ0n) is 7.86. The van der Waals surface area contributed by atoms with Gasteiger partial charge in [-0.3, -0.25) is 0 Å². The lowest BCUT2D eigenvalue weighted by molar-refractivity contribution is 0.409. The molecular weight excluding hydrogens is 162 g/mol. The van der Waals surface area contributed by atoms with Crippen LogP contribution in [0.15, 0.2) is 24.3 Å². The van der Waals surface area contributed by atoms with Gasteiger partial charge in [0.1, 0.15) is 5.75 Å². The number of hydrogen-bond donors (Lipinski definition) is 1. The summed E-state index contributed by atoms with van der Waals surface area (Å²) < 4.78 is 5.30. The topological polar surface area (TPSA) is 35.2 Å². The Hall–Kier alpha value is -1.02. The summed E-state index contributed by atoms with van der Waals surface area (Å²) in [5, 5.41) is 0. The molecule has 70 valence electrons. The van der Waals surface area contributed by atoms with Gasteiger partial charge in [-0.15, -0.1) is 0 Å². The van der Waals surface area contributed by atoms with Gasteiger partial charge in [-0.05, 0) is 36.4 Å². The first kappa shape index (κ1) is 8.57. The minimum Gasteiger partial charge on any atom is -0.496 e. The average molecular weight is 177 g/mol. The van der Waals surface area contributed by atoms with Crippen LogP contribution in [0, 0.1) is 5.92 Å². The molecule has 2 nitrogen and oxygen atoms in total. The number of rotatable bonds is 3. The highest BCUT2D eigenvalue weighted by Gasteiger charge is 2.38. The molecule has 0 heterocycles. The van der Waals surface area contributed by atoms with Gasteiger partial charge in [0.25, 0.3) is 0 Å². The first-order chi connectivity index (χ1) is 6.36. The van der Waals surface area contributed by atoms with E-state index in [-0.39, 0.29) is 0 Å². The molecule has 0 aliphatic heterocycles. The molecule has 0 unspecified atom stereocenters. The van der Waals surface area contributed by atoms with E-state index < -0.39 is 0 Å². The van der Waals surface area contributed by atoms with E-state index in [1.165, 1.54) is 12.0 Å². The van der Waals surface area contributed by atoms with Crippen LogP contribution in [0.2, 0.25) is 0 Å². The highest BCUT2D eigenvalue weighted by Crippen LogP contribution is 2.49. The van der Waals surface area contributed by atoms with Crippen molar-refractivity contribution in [3.8, 4) is 5.75 Å². The first-order valence-electron chi connectivity index (χ1n) is 4.69. The molecule has 13 heavy (non-hydrogen) atoms. The Kier molecular flexibility index (Phi) is 2.23. The van der Waals surface area contributed by atoms with Gasteiger partial charge in [0, 0.05) is 0 Å². The fourth-order valence-corrected chi connectivity index (χ4v) is 1.86. The SMILES string of the molecule is COc1ccccc1[C@H]1C[C@@H]1CN. The number of benzene rings is 1. The Morgan fingerprint density at radius 3 is 2.85 bits per heavy atom. The maximum Gasteiger partial charge on any atom is 0.122 e. The van der Waals surface area contributed by atoms with Gasteiger partial charge in [0.15, 0.2) is 0 Å². The van der Waals surface area contributed by atoms with Crippen LogP contribution in [0.4, 0.5) is 0 Å². The van der Waals surface area contributed by atoms with Crippen LogP contribution in [0.3, 0.4) is 0 Å². The lowest BCUT2D eigenvalue weighted by Crippen LogP contribution is -2.02. The van der Waals surface area contributed by atoms with Crippen LogP contribution in [-0.4, -0.2) is 13.7 Å². The molecule has 1 fully saturated rings. The molecule has 0 bridgehead atoms. The number of methoxy groups -OCH3 is 1. The van der Waals surface area contributed by atoms with Crippen molar-refractivity contribution in [3.63, 3.8) is 0 Å². The van der Waals surface area contributed by atoms with E-state index in [0.29, 0.717) is 11.8 Å². The first-order valence-corrected chi connectivity index (χ1v) is 4.69.